The Morgan fingerprint density at radius 1 is 1.10 bits per heavy atom. The number of rotatable bonds is 1. The van der Waals surface area contributed by atoms with Crippen molar-refractivity contribution in [3.8, 4) is 0 Å². The summed E-state index contributed by atoms with van der Waals surface area (Å²) in [5, 5.41) is 0.917. The van der Waals surface area contributed by atoms with Gasteiger partial charge in [-0.25, -0.2) is 4.79 Å². The summed E-state index contributed by atoms with van der Waals surface area (Å²) in [6.45, 7) is 0. The predicted molar refractivity (Wildman–Crippen MR) is 85.9 cm³/mol. The highest BCUT2D eigenvalue weighted by atomic mass is 32.2. The highest BCUT2D eigenvalue weighted by Crippen LogP contribution is 2.49. The van der Waals surface area contributed by atoms with Crippen LogP contribution in [0, 0.1) is 0 Å². The number of benzene rings is 2. The quantitative estimate of drug-likeness (QED) is 0.635. The van der Waals surface area contributed by atoms with E-state index >= 15 is 0 Å². The number of para-hydroxylation sites is 2. The van der Waals surface area contributed by atoms with Crippen LogP contribution >= 0.6 is 11.8 Å². The van der Waals surface area contributed by atoms with E-state index in [0.717, 1.165) is 11.1 Å². The third-order valence-corrected chi connectivity index (χ3v) is 5.16. The molecule has 3 aromatic rings. The average Bonchev–Trinajstić information content (AvgIpc) is 2.84. The van der Waals surface area contributed by atoms with Crippen LogP contribution in [0.25, 0.3) is 11.0 Å². The molecule has 0 aliphatic carbocycles. The molecule has 1 atom stereocenters. The Labute approximate surface area is 126 Å². The molecule has 2 heterocycles. The molecule has 1 aromatic heterocycles. The standard InChI is InChI=1S/C17H13NO2S/c1-18-13-7-3-5-9-15(13)21-16(18)12-10-11-6-2-4-8-14(11)20-17(12)19/h2-10,16H,1H3. The fraction of sp³-hybridized carbons (Fsp3) is 0.118. The Bertz CT molecular complexity index is 887. The maximum Gasteiger partial charge on any atom is 0.342 e. The summed E-state index contributed by atoms with van der Waals surface area (Å²) < 4.78 is 5.46. The molecule has 0 bridgehead atoms. The van der Waals surface area contributed by atoms with Crippen LogP contribution in [0.3, 0.4) is 0 Å². The van der Waals surface area contributed by atoms with Crippen molar-refractivity contribution in [1.82, 2.24) is 0 Å². The monoisotopic (exact) mass is 295 g/mol. The van der Waals surface area contributed by atoms with E-state index in [9.17, 15) is 4.79 Å². The molecule has 104 valence electrons. The minimum absolute atomic E-state index is 0.0387. The molecule has 3 nitrogen and oxygen atoms in total. The van der Waals surface area contributed by atoms with E-state index in [1.807, 2.05) is 49.5 Å². The van der Waals surface area contributed by atoms with Crippen LogP contribution in [-0.2, 0) is 0 Å². The van der Waals surface area contributed by atoms with Crippen molar-refractivity contribution >= 4 is 28.4 Å². The second kappa shape index (κ2) is 4.67. The SMILES string of the molecule is CN1c2ccccc2SC1c1cc2ccccc2oc1=O. The first-order chi connectivity index (χ1) is 10.2. The molecule has 0 fully saturated rings. The summed E-state index contributed by atoms with van der Waals surface area (Å²) >= 11 is 1.69. The van der Waals surface area contributed by atoms with Gasteiger partial charge in [0.15, 0.2) is 0 Å². The van der Waals surface area contributed by atoms with E-state index in [2.05, 4.69) is 17.0 Å². The first-order valence-electron chi connectivity index (χ1n) is 6.75. The van der Waals surface area contributed by atoms with E-state index in [4.69, 9.17) is 4.42 Å². The second-order valence-corrected chi connectivity index (χ2v) is 6.20. The molecule has 0 spiro atoms. The number of nitrogens with zero attached hydrogens (tertiary/aromatic N) is 1. The largest absolute Gasteiger partial charge is 0.422 e. The van der Waals surface area contributed by atoms with Gasteiger partial charge in [0, 0.05) is 17.3 Å². The van der Waals surface area contributed by atoms with Crippen molar-refractivity contribution in [1.29, 1.82) is 0 Å². The van der Waals surface area contributed by atoms with E-state index < -0.39 is 0 Å². The summed E-state index contributed by atoms with van der Waals surface area (Å²) in [6, 6.07) is 17.7. The second-order valence-electron chi connectivity index (χ2n) is 5.08. The molecule has 4 heteroatoms. The fourth-order valence-electron chi connectivity index (χ4n) is 2.70. The van der Waals surface area contributed by atoms with E-state index in [1.165, 1.54) is 4.90 Å². The third kappa shape index (κ3) is 1.94. The molecular formula is C17H13NO2S. The number of fused-ring (bicyclic) bond motifs is 2. The lowest BCUT2D eigenvalue weighted by Crippen LogP contribution is -2.22. The van der Waals surface area contributed by atoms with Crippen molar-refractivity contribution in [2.45, 2.75) is 10.3 Å². The first-order valence-corrected chi connectivity index (χ1v) is 7.63. The van der Waals surface area contributed by atoms with Crippen LogP contribution in [0.2, 0.25) is 0 Å². The molecule has 1 aliphatic rings. The minimum Gasteiger partial charge on any atom is -0.422 e. The van der Waals surface area contributed by atoms with Gasteiger partial charge < -0.3 is 9.32 Å². The van der Waals surface area contributed by atoms with Crippen LogP contribution in [0.1, 0.15) is 10.9 Å². The summed E-state index contributed by atoms with van der Waals surface area (Å²) in [5.74, 6) is 0. The topological polar surface area (TPSA) is 33.5 Å². The lowest BCUT2D eigenvalue weighted by Gasteiger charge is -2.20. The number of hydrogen-bond acceptors (Lipinski definition) is 4. The fourth-order valence-corrected chi connectivity index (χ4v) is 3.99. The van der Waals surface area contributed by atoms with Crippen molar-refractivity contribution < 1.29 is 4.42 Å². The summed E-state index contributed by atoms with van der Waals surface area (Å²) in [5.41, 5.74) is 2.22. The molecule has 0 saturated heterocycles. The van der Waals surface area contributed by atoms with E-state index in [0.29, 0.717) is 11.1 Å². The van der Waals surface area contributed by atoms with Crippen LogP contribution < -0.4 is 10.5 Å². The Morgan fingerprint density at radius 2 is 1.86 bits per heavy atom. The van der Waals surface area contributed by atoms with Crippen LogP contribution in [0.4, 0.5) is 5.69 Å². The van der Waals surface area contributed by atoms with Gasteiger partial charge in [0.2, 0.25) is 0 Å². The van der Waals surface area contributed by atoms with Gasteiger partial charge in [-0.05, 0) is 24.3 Å². The van der Waals surface area contributed by atoms with Crippen molar-refractivity contribution in [3.63, 3.8) is 0 Å². The molecule has 0 amide bonds. The lowest BCUT2D eigenvalue weighted by molar-refractivity contribution is 0.549. The Morgan fingerprint density at radius 3 is 2.71 bits per heavy atom. The van der Waals surface area contributed by atoms with Crippen molar-refractivity contribution in [3.05, 3.63) is 70.6 Å². The molecule has 21 heavy (non-hydrogen) atoms. The van der Waals surface area contributed by atoms with Gasteiger partial charge in [0.25, 0.3) is 0 Å². The van der Waals surface area contributed by atoms with Crippen LogP contribution in [0.15, 0.2) is 68.7 Å². The molecule has 2 aromatic carbocycles. The van der Waals surface area contributed by atoms with Gasteiger partial charge in [-0.15, -0.1) is 0 Å². The zero-order valence-electron chi connectivity index (χ0n) is 11.4. The highest BCUT2D eigenvalue weighted by Gasteiger charge is 2.30. The molecular weight excluding hydrogens is 282 g/mol. The smallest absolute Gasteiger partial charge is 0.342 e. The Balaban J connectivity index is 1.85. The van der Waals surface area contributed by atoms with Crippen molar-refractivity contribution in [2.24, 2.45) is 0 Å². The molecule has 0 saturated carbocycles. The molecule has 0 N–H and O–H groups in total. The number of thioether (sulfide) groups is 1. The van der Waals surface area contributed by atoms with Gasteiger partial charge >= 0.3 is 5.63 Å². The third-order valence-electron chi connectivity index (χ3n) is 3.77. The number of anilines is 1. The van der Waals surface area contributed by atoms with Gasteiger partial charge in [0.1, 0.15) is 11.0 Å². The van der Waals surface area contributed by atoms with Crippen LogP contribution in [0.5, 0.6) is 0 Å². The summed E-state index contributed by atoms with van der Waals surface area (Å²) in [7, 11) is 2.01. The zero-order valence-corrected chi connectivity index (χ0v) is 12.3. The predicted octanol–water partition coefficient (Wildman–Crippen LogP) is 4.03. The highest BCUT2D eigenvalue weighted by molar-refractivity contribution is 8.00. The minimum atomic E-state index is -0.258. The Kier molecular flexibility index (Phi) is 2.79. The molecule has 0 radical (unpaired) electrons. The van der Waals surface area contributed by atoms with Crippen LogP contribution in [-0.4, -0.2) is 7.05 Å². The average molecular weight is 295 g/mol. The summed E-state index contributed by atoms with van der Waals surface area (Å²) in [4.78, 5) is 15.6. The Hall–Kier alpha value is -2.20. The van der Waals surface area contributed by atoms with Crippen molar-refractivity contribution in [2.75, 3.05) is 11.9 Å². The summed E-state index contributed by atoms with van der Waals surface area (Å²) in [6.07, 6.45) is 0. The van der Waals surface area contributed by atoms with E-state index in [-0.39, 0.29) is 11.0 Å². The van der Waals surface area contributed by atoms with E-state index in [1.54, 1.807) is 11.8 Å². The zero-order chi connectivity index (χ0) is 14.4. The maximum absolute atomic E-state index is 12.3. The molecule has 4 rings (SSSR count). The lowest BCUT2D eigenvalue weighted by atomic mass is 10.1. The molecule has 1 unspecified atom stereocenters. The van der Waals surface area contributed by atoms with Gasteiger partial charge in [-0.2, -0.15) is 0 Å². The maximum atomic E-state index is 12.3. The van der Waals surface area contributed by atoms with Gasteiger partial charge in [-0.1, -0.05) is 42.1 Å². The first kappa shape index (κ1) is 12.5. The number of hydrogen-bond donors (Lipinski definition) is 0. The van der Waals surface area contributed by atoms with Gasteiger partial charge in [-0.3, -0.25) is 0 Å². The normalized spacial score (nSPS) is 17.2. The molecule has 1 aliphatic heterocycles. The van der Waals surface area contributed by atoms with Gasteiger partial charge in [0.05, 0.1) is 11.3 Å².